The summed E-state index contributed by atoms with van der Waals surface area (Å²) in [6.07, 6.45) is 4.70. The summed E-state index contributed by atoms with van der Waals surface area (Å²) in [5.74, 6) is -0.759. The van der Waals surface area contributed by atoms with Crippen LogP contribution in [0.1, 0.15) is 38.5 Å². The predicted octanol–water partition coefficient (Wildman–Crippen LogP) is 0.245. The van der Waals surface area contributed by atoms with E-state index in [0.29, 0.717) is 12.8 Å². The van der Waals surface area contributed by atoms with Crippen LogP contribution < -0.4 is 16.8 Å². The number of rotatable bonds is 10. The van der Waals surface area contributed by atoms with Gasteiger partial charge in [-0.15, -0.1) is 0 Å². The molecule has 0 heterocycles. The Morgan fingerprint density at radius 2 is 2.00 bits per heavy atom. The van der Waals surface area contributed by atoms with Gasteiger partial charge >= 0.3 is 5.97 Å². The van der Waals surface area contributed by atoms with Gasteiger partial charge in [0.15, 0.2) is 0 Å². The Morgan fingerprint density at radius 3 is 2.60 bits per heavy atom. The molecule has 0 rings (SSSR count). The Kier molecular flexibility index (Phi) is 9.46. The number of nitrogens with two attached hydrogens (primary N) is 2. The lowest BCUT2D eigenvalue weighted by Gasteiger charge is -2.12. The van der Waals surface area contributed by atoms with Crippen LogP contribution in [0, 0.1) is 0 Å². The van der Waals surface area contributed by atoms with Crippen molar-refractivity contribution in [1.82, 2.24) is 5.32 Å². The summed E-state index contributed by atoms with van der Waals surface area (Å²) in [6.45, 7) is 1.62. The van der Waals surface area contributed by atoms with E-state index in [4.69, 9.17) is 16.6 Å². The third-order valence-corrected chi connectivity index (χ3v) is 2.19. The first kappa shape index (κ1) is 14.3. The smallest absolute Gasteiger partial charge is 0.303 e. The van der Waals surface area contributed by atoms with Crippen molar-refractivity contribution in [2.75, 3.05) is 13.1 Å². The van der Waals surface area contributed by atoms with Crippen molar-refractivity contribution in [3.05, 3.63) is 0 Å². The summed E-state index contributed by atoms with van der Waals surface area (Å²) < 4.78 is 0. The largest absolute Gasteiger partial charge is 0.481 e. The number of nitrogens with one attached hydrogen (secondary N) is 1. The number of carbonyl (C=O) groups is 1. The molecule has 0 radical (unpaired) electrons. The molecule has 0 amide bonds. The molecule has 0 fully saturated rings. The highest BCUT2D eigenvalue weighted by molar-refractivity contribution is 5.66. The molecule has 1 atom stereocenters. The maximum atomic E-state index is 10.2. The zero-order valence-electron chi connectivity index (χ0n) is 9.24. The standard InChI is InChI=1S/C10H23N3O2/c11-7-2-1-3-8-13-9(12)5-4-6-10(14)15/h9,13H,1-8,11-12H2,(H,14,15). The normalized spacial score (nSPS) is 12.7. The fraction of sp³-hybridized carbons (Fsp3) is 0.900. The molecule has 0 saturated heterocycles. The molecule has 0 aliphatic rings. The molecule has 0 saturated carbocycles. The van der Waals surface area contributed by atoms with Crippen molar-refractivity contribution in [2.45, 2.75) is 44.7 Å². The second kappa shape index (κ2) is 9.89. The number of unbranched alkanes of at least 4 members (excludes halogenated alkanes) is 2. The van der Waals surface area contributed by atoms with E-state index in [1.807, 2.05) is 0 Å². The van der Waals surface area contributed by atoms with Gasteiger partial charge in [-0.05, 0) is 38.8 Å². The molecule has 15 heavy (non-hydrogen) atoms. The summed E-state index contributed by atoms with van der Waals surface area (Å²) in [4.78, 5) is 10.2. The van der Waals surface area contributed by atoms with E-state index < -0.39 is 5.97 Å². The van der Waals surface area contributed by atoms with Gasteiger partial charge in [-0.3, -0.25) is 4.79 Å². The monoisotopic (exact) mass is 217 g/mol. The summed E-state index contributed by atoms with van der Waals surface area (Å²) >= 11 is 0. The molecule has 90 valence electrons. The van der Waals surface area contributed by atoms with E-state index in [0.717, 1.165) is 32.4 Å². The van der Waals surface area contributed by atoms with Crippen molar-refractivity contribution in [1.29, 1.82) is 0 Å². The van der Waals surface area contributed by atoms with E-state index in [9.17, 15) is 4.79 Å². The van der Waals surface area contributed by atoms with Crippen LogP contribution in [0.5, 0.6) is 0 Å². The van der Waals surface area contributed by atoms with Gasteiger partial charge in [-0.2, -0.15) is 0 Å². The third-order valence-electron chi connectivity index (χ3n) is 2.19. The number of carboxylic acids is 1. The maximum Gasteiger partial charge on any atom is 0.303 e. The summed E-state index contributed by atoms with van der Waals surface area (Å²) in [5, 5.41) is 11.6. The minimum atomic E-state index is -0.759. The first-order valence-electron chi connectivity index (χ1n) is 5.57. The molecule has 5 heteroatoms. The zero-order valence-corrected chi connectivity index (χ0v) is 9.24. The van der Waals surface area contributed by atoms with Gasteiger partial charge in [0.25, 0.3) is 0 Å². The number of hydrogen-bond donors (Lipinski definition) is 4. The molecular weight excluding hydrogens is 194 g/mol. The molecule has 6 N–H and O–H groups in total. The quantitative estimate of drug-likeness (QED) is 0.310. The van der Waals surface area contributed by atoms with Crippen molar-refractivity contribution < 1.29 is 9.90 Å². The highest BCUT2D eigenvalue weighted by atomic mass is 16.4. The Bertz CT molecular complexity index is 165. The molecule has 0 aliphatic carbocycles. The molecule has 5 nitrogen and oxygen atoms in total. The van der Waals surface area contributed by atoms with Crippen molar-refractivity contribution in [3.8, 4) is 0 Å². The Labute approximate surface area is 91.2 Å². The lowest BCUT2D eigenvalue weighted by atomic mass is 10.2. The van der Waals surface area contributed by atoms with Crippen LogP contribution in [0.15, 0.2) is 0 Å². The number of hydrogen-bond acceptors (Lipinski definition) is 4. The van der Waals surface area contributed by atoms with E-state index in [1.54, 1.807) is 0 Å². The molecule has 0 aromatic carbocycles. The van der Waals surface area contributed by atoms with Crippen molar-refractivity contribution >= 4 is 5.97 Å². The maximum absolute atomic E-state index is 10.2. The van der Waals surface area contributed by atoms with Crippen LogP contribution in [-0.2, 0) is 4.79 Å². The van der Waals surface area contributed by atoms with Gasteiger partial charge in [0, 0.05) is 6.42 Å². The number of aliphatic carboxylic acids is 1. The molecule has 0 bridgehead atoms. The lowest BCUT2D eigenvalue weighted by molar-refractivity contribution is -0.137. The van der Waals surface area contributed by atoms with Gasteiger partial charge in [0.05, 0.1) is 6.17 Å². The Balaban J connectivity index is 3.18. The number of carboxylic acid groups (broad SMARTS) is 1. The molecule has 0 spiro atoms. The van der Waals surface area contributed by atoms with E-state index in [2.05, 4.69) is 5.32 Å². The second-order valence-corrected chi connectivity index (χ2v) is 3.70. The molecule has 0 aliphatic heterocycles. The predicted molar refractivity (Wildman–Crippen MR) is 60.4 cm³/mol. The van der Waals surface area contributed by atoms with Crippen molar-refractivity contribution in [2.24, 2.45) is 11.5 Å². The SMILES string of the molecule is NCCCCCNC(N)CCCC(=O)O. The van der Waals surface area contributed by atoms with E-state index in [1.165, 1.54) is 0 Å². The van der Waals surface area contributed by atoms with Crippen LogP contribution >= 0.6 is 0 Å². The minimum absolute atomic E-state index is 0.0813. The molecule has 0 aromatic heterocycles. The van der Waals surface area contributed by atoms with Crippen molar-refractivity contribution in [3.63, 3.8) is 0 Å². The molecular formula is C10H23N3O2. The lowest BCUT2D eigenvalue weighted by Crippen LogP contribution is -2.37. The van der Waals surface area contributed by atoms with Gasteiger partial charge in [-0.1, -0.05) is 6.42 Å². The highest BCUT2D eigenvalue weighted by Crippen LogP contribution is 1.98. The Hall–Kier alpha value is -0.650. The van der Waals surface area contributed by atoms with Gasteiger partial charge < -0.3 is 21.9 Å². The van der Waals surface area contributed by atoms with Gasteiger partial charge in [-0.25, -0.2) is 0 Å². The van der Waals surface area contributed by atoms with Crippen LogP contribution in [0.2, 0.25) is 0 Å². The van der Waals surface area contributed by atoms with Crippen LogP contribution in [0.4, 0.5) is 0 Å². The summed E-state index contributed by atoms with van der Waals surface area (Å²) in [6, 6.07) is 0. The molecule has 1 unspecified atom stereocenters. The first-order valence-corrected chi connectivity index (χ1v) is 5.57. The topological polar surface area (TPSA) is 101 Å². The first-order chi connectivity index (χ1) is 7.16. The second-order valence-electron chi connectivity index (χ2n) is 3.70. The summed E-state index contributed by atoms with van der Waals surface area (Å²) in [7, 11) is 0. The minimum Gasteiger partial charge on any atom is -0.481 e. The fourth-order valence-electron chi connectivity index (χ4n) is 1.31. The zero-order chi connectivity index (χ0) is 11.5. The van der Waals surface area contributed by atoms with Gasteiger partial charge in [0.2, 0.25) is 0 Å². The fourth-order valence-corrected chi connectivity index (χ4v) is 1.31. The average Bonchev–Trinajstić information content (AvgIpc) is 2.17. The molecule has 0 aromatic rings. The third kappa shape index (κ3) is 11.3. The highest BCUT2D eigenvalue weighted by Gasteiger charge is 2.02. The Morgan fingerprint density at radius 1 is 1.27 bits per heavy atom. The van der Waals surface area contributed by atoms with E-state index in [-0.39, 0.29) is 12.6 Å². The summed E-state index contributed by atoms with van der Waals surface area (Å²) in [5.41, 5.74) is 11.1. The van der Waals surface area contributed by atoms with Gasteiger partial charge in [0.1, 0.15) is 0 Å². The van der Waals surface area contributed by atoms with Crippen LogP contribution in [0.25, 0.3) is 0 Å². The van der Waals surface area contributed by atoms with Crippen LogP contribution in [-0.4, -0.2) is 30.3 Å². The van der Waals surface area contributed by atoms with Crippen LogP contribution in [0.3, 0.4) is 0 Å². The average molecular weight is 217 g/mol. The van der Waals surface area contributed by atoms with E-state index >= 15 is 0 Å².